The van der Waals surface area contributed by atoms with Crippen LogP contribution in [0.5, 0.6) is 0 Å². The van der Waals surface area contributed by atoms with E-state index in [9.17, 15) is 0 Å². The molecular weight excluding hydrogens is 132 g/mol. The van der Waals surface area contributed by atoms with Crippen LogP contribution in [0.1, 0.15) is 20.3 Å². The highest BCUT2D eigenvalue weighted by atomic mass is 14.3. The van der Waals surface area contributed by atoms with Crippen LogP contribution in [0.15, 0.2) is 46.6 Å². The average Bonchev–Trinajstić information content (AvgIpc) is 2.41. The van der Waals surface area contributed by atoms with E-state index in [4.69, 9.17) is 0 Å². The van der Waals surface area contributed by atoms with Gasteiger partial charge in [-0.25, -0.2) is 0 Å². The van der Waals surface area contributed by atoms with Crippen molar-refractivity contribution in [1.29, 1.82) is 0 Å². The standard InChI is InChI=1S/C11H12/c1-7-4-5-10-6-8(2)9(3)11(7)10/h4,6H,3,5H2,1-2H3. The minimum absolute atomic E-state index is 1.11. The number of allylic oxidation sites excluding steroid dienone is 7. The van der Waals surface area contributed by atoms with Crippen LogP contribution < -0.4 is 0 Å². The molecule has 2 aliphatic rings. The summed E-state index contributed by atoms with van der Waals surface area (Å²) in [6.45, 7) is 8.36. The minimum Gasteiger partial charge on any atom is -0.0909 e. The van der Waals surface area contributed by atoms with Gasteiger partial charge in [-0.15, -0.1) is 0 Å². The van der Waals surface area contributed by atoms with Crippen LogP contribution in [-0.2, 0) is 0 Å². The summed E-state index contributed by atoms with van der Waals surface area (Å²) in [6, 6.07) is 0. The lowest BCUT2D eigenvalue weighted by molar-refractivity contribution is 1.32. The molecule has 0 radical (unpaired) electrons. The fourth-order valence-electron chi connectivity index (χ4n) is 1.83. The van der Waals surface area contributed by atoms with Gasteiger partial charge in [-0.2, -0.15) is 0 Å². The Morgan fingerprint density at radius 1 is 1.27 bits per heavy atom. The highest BCUT2D eigenvalue weighted by molar-refractivity contribution is 5.67. The van der Waals surface area contributed by atoms with E-state index < -0.39 is 0 Å². The van der Waals surface area contributed by atoms with Gasteiger partial charge in [0.15, 0.2) is 0 Å². The van der Waals surface area contributed by atoms with Crippen LogP contribution in [-0.4, -0.2) is 0 Å². The molecule has 0 unspecified atom stereocenters. The predicted octanol–water partition coefficient (Wildman–Crippen LogP) is 3.15. The molecule has 0 aromatic carbocycles. The highest BCUT2D eigenvalue weighted by Gasteiger charge is 2.21. The first-order chi connectivity index (χ1) is 5.20. The third-order valence-corrected chi connectivity index (χ3v) is 2.51. The maximum absolute atomic E-state index is 4.06. The van der Waals surface area contributed by atoms with Gasteiger partial charge in [0.1, 0.15) is 0 Å². The maximum atomic E-state index is 4.06. The van der Waals surface area contributed by atoms with Crippen LogP contribution in [0, 0.1) is 0 Å². The van der Waals surface area contributed by atoms with Crippen LogP contribution in [0.25, 0.3) is 0 Å². The van der Waals surface area contributed by atoms with E-state index in [1.54, 1.807) is 0 Å². The Morgan fingerprint density at radius 2 is 2.00 bits per heavy atom. The van der Waals surface area contributed by atoms with Crippen LogP contribution in [0.3, 0.4) is 0 Å². The first kappa shape index (κ1) is 6.66. The van der Waals surface area contributed by atoms with Crippen molar-refractivity contribution in [3.8, 4) is 0 Å². The third-order valence-electron chi connectivity index (χ3n) is 2.51. The molecule has 0 aromatic heterocycles. The van der Waals surface area contributed by atoms with Crippen molar-refractivity contribution in [2.24, 2.45) is 0 Å². The Hall–Kier alpha value is -1.04. The Kier molecular flexibility index (Phi) is 1.19. The Bertz CT molecular complexity index is 322. The average molecular weight is 144 g/mol. The third kappa shape index (κ3) is 0.756. The molecule has 0 bridgehead atoms. The van der Waals surface area contributed by atoms with Gasteiger partial charge in [0.2, 0.25) is 0 Å². The van der Waals surface area contributed by atoms with E-state index in [1.165, 1.54) is 27.9 Å². The van der Waals surface area contributed by atoms with Gasteiger partial charge in [0, 0.05) is 0 Å². The Balaban J connectivity index is 2.50. The van der Waals surface area contributed by atoms with Crippen molar-refractivity contribution in [3.05, 3.63) is 46.6 Å². The molecular formula is C11H12. The molecule has 0 amide bonds. The molecule has 0 saturated carbocycles. The summed E-state index contributed by atoms with van der Waals surface area (Å²) in [7, 11) is 0. The zero-order valence-corrected chi connectivity index (χ0v) is 7.07. The van der Waals surface area contributed by atoms with Gasteiger partial charge in [0.05, 0.1) is 0 Å². The van der Waals surface area contributed by atoms with Crippen LogP contribution >= 0.6 is 0 Å². The molecule has 11 heavy (non-hydrogen) atoms. The summed E-state index contributed by atoms with van der Waals surface area (Å²) in [5.74, 6) is 0. The fourth-order valence-corrected chi connectivity index (χ4v) is 1.83. The Morgan fingerprint density at radius 3 is 2.64 bits per heavy atom. The van der Waals surface area contributed by atoms with Crippen molar-refractivity contribution in [2.45, 2.75) is 20.3 Å². The van der Waals surface area contributed by atoms with E-state index in [2.05, 4.69) is 32.6 Å². The van der Waals surface area contributed by atoms with Crippen molar-refractivity contribution < 1.29 is 0 Å². The van der Waals surface area contributed by atoms with Crippen molar-refractivity contribution in [1.82, 2.24) is 0 Å². The number of rotatable bonds is 0. The highest BCUT2D eigenvalue weighted by Crippen LogP contribution is 2.40. The van der Waals surface area contributed by atoms with Crippen molar-refractivity contribution in [3.63, 3.8) is 0 Å². The molecule has 0 fully saturated rings. The zero-order valence-electron chi connectivity index (χ0n) is 7.07. The summed E-state index contributed by atoms with van der Waals surface area (Å²) >= 11 is 0. The van der Waals surface area contributed by atoms with Crippen LogP contribution in [0.2, 0.25) is 0 Å². The predicted molar refractivity (Wildman–Crippen MR) is 48.3 cm³/mol. The fraction of sp³-hybridized carbons (Fsp3) is 0.273. The molecule has 0 heterocycles. The van der Waals surface area contributed by atoms with E-state index >= 15 is 0 Å². The number of hydrogen-bond donors (Lipinski definition) is 0. The van der Waals surface area contributed by atoms with Gasteiger partial charge >= 0.3 is 0 Å². The second-order valence-electron chi connectivity index (χ2n) is 3.30. The number of hydrogen-bond acceptors (Lipinski definition) is 0. The molecule has 0 nitrogen and oxygen atoms in total. The molecule has 2 rings (SSSR count). The molecule has 0 heteroatoms. The van der Waals surface area contributed by atoms with E-state index in [0.29, 0.717) is 0 Å². The maximum Gasteiger partial charge on any atom is -0.00852 e. The molecule has 0 aromatic rings. The van der Waals surface area contributed by atoms with Crippen LogP contribution in [0.4, 0.5) is 0 Å². The smallest absolute Gasteiger partial charge is 0.00852 e. The topological polar surface area (TPSA) is 0 Å². The molecule has 2 aliphatic carbocycles. The van der Waals surface area contributed by atoms with Crippen molar-refractivity contribution >= 4 is 0 Å². The summed E-state index contributed by atoms with van der Waals surface area (Å²) in [5, 5.41) is 0. The quantitative estimate of drug-likeness (QED) is 0.490. The first-order valence-corrected chi connectivity index (χ1v) is 3.98. The zero-order chi connectivity index (χ0) is 8.01. The van der Waals surface area contributed by atoms with Gasteiger partial charge in [-0.3, -0.25) is 0 Å². The second kappa shape index (κ2) is 1.97. The van der Waals surface area contributed by atoms with Gasteiger partial charge in [-0.05, 0) is 48.1 Å². The largest absolute Gasteiger partial charge is 0.0909 e. The van der Waals surface area contributed by atoms with E-state index in [0.717, 1.165) is 6.42 Å². The van der Waals surface area contributed by atoms with E-state index in [1.807, 2.05) is 0 Å². The molecule has 0 atom stereocenters. The van der Waals surface area contributed by atoms with Gasteiger partial charge < -0.3 is 0 Å². The lowest BCUT2D eigenvalue weighted by atomic mass is 10.0. The van der Waals surface area contributed by atoms with Gasteiger partial charge in [0.25, 0.3) is 0 Å². The van der Waals surface area contributed by atoms with E-state index in [-0.39, 0.29) is 0 Å². The molecule has 0 saturated heterocycles. The lowest BCUT2D eigenvalue weighted by Crippen LogP contribution is -1.84. The summed E-state index contributed by atoms with van der Waals surface area (Å²) in [6.07, 6.45) is 5.64. The van der Waals surface area contributed by atoms with Crippen molar-refractivity contribution in [2.75, 3.05) is 0 Å². The monoisotopic (exact) mass is 144 g/mol. The van der Waals surface area contributed by atoms with Gasteiger partial charge in [-0.1, -0.05) is 18.7 Å². The summed E-state index contributed by atoms with van der Waals surface area (Å²) in [5.41, 5.74) is 6.83. The molecule has 0 spiro atoms. The molecule has 0 N–H and O–H groups in total. The normalized spacial score (nSPS) is 22.2. The lowest BCUT2D eigenvalue weighted by Gasteiger charge is -2.03. The first-order valence-electron chi connectivity index (χ1n) is 3.98. The SMILES string of the molecule is C=C1C(C)=CC2=C1C(C)=CC2. The molecule has 56 valence electrons. The Labute approximate surface area is 67.6 Å². The summed E-state index contributed by atoms with van der Waals surface area (Å²) < 4.78 is 0. The minimum atomic E-state index is 1.11. The summed E-state index contributed by atoms with van der Waals surface area (Å²) in [4.78, 5) is 0. The second-order valence-corrected chi connectivity index (χ2v) is 3.30. The molecule has 0 aliphatic heterocycles.